The van der Waals surface area contributed by atoms with E-state index in [9.17, 15) is 9.59 Å². The van der Waals surface area contributed by atoms with Gasteiger partial charge in [-0.05, 0) is 48.7 Å². The van der Waals surface area contributed by atoms with Crippen molar-refractivity contribution in [1.29, 1.82) is 0 Å². The molecule has 0 unspecified atom stereocenters. The van der Waals surface area contributed by atoms with E-state index in [4.69, 9.17) is 14.2 Å². The summed E-state index contributed by atoms with van der Waals surface area (Å²) >= 11 is 0. The van der Waals surface area contributed by atoms with Crippen LogP contribution in [0.4, 0.5) is 0 Å². The Kier molecular flexibility index (Phi) is 9.18. The zero-order chi connectivity index (χ0) is 22.8. The number of hydrogen-bond donors (Lipinski definition) is 1. The molecule has 0 aromatic heterocycles. The maximum Gasteiger partial charge on any atom is 0.242 e. The summed E-state index contributed by atoms with van der Waals surface area (Å²) in [7, 11) is 4.79. The van der Waals surface area contributed by atoms with Gasteiger partial charge >= 0.3 is 0 Å². The molecule has 0 bridgehead atoms. The topological polar surface area (TPSA) is 77.1 Å². The standard InChI is InChI=1S/C24H32N2O5/c1-6-23(27)26(16-19-7-10-20(29-3)11-8-19)17(2)24(28)25-14-13-18-9-12-21(30-4)22(15-18)31-5/h7-12,15,17H,6,13-14,16H2,1-5H3,(H,25,28)/t17-/m1/s1. The Morgan fingerprint density at radius 1 is 0.935 bits per heavy atom. The molecule has 0 heterocycles. The number of rotatable bonds is 11. The molecule has 0 fully saturated rings. The molecule has 2 rings (SSSR count). The van der Waals surface area contributed by atoms with Gasteiger partial charge < -0.3 is 24.4 Å². The highest BCUT2D eigenvalue weighted by Crippen LogP contribution is 2.27. The first-order valence-corrected chi connectivity index (χ1v) is 10.3. The highest BCUT2D eigenvalue weighted by Gasteiger charge is 2.24. The normalized spacial score (nSPS) is 11.4. The van der Waals surface area contributed by atoms with Gasteiger partial charge in [0.1, 0.15) is 11.8 Å². The first-order valence-electron chi connectivity index (χ1n) is 10.3. The summed E-state index contributed by atoms with van der Waals surface area (Å²) < 4.78 is 15.7. The predicted molar refractivity (Wildman–Crippen MR) is 120 cm³/mol. The molecule has 168 valence electrons. The van der Waals surface area contributed by atoms with Crippen LogP contribution in [0.1, 0.15) is 31.4 Å². The number of carbonyl (C=O) groups is 2. The Bertz CT molecular complexity index is 867. The third-order valence-corrected chi connectivity index (χ3v) is 5.14. The van der Waals surface area contributed by atoms with Crippen molar-refractivity contribution in [3.05, 3.63) is 53.6 Å². The number of methoxy groups -OCH3 is 3. The van der Waals surface area contributed by atoms with Gasteiger partial charge in [0, 0.05) is 19.5 Å². The summed E-state index contributed by atoms with van der Waals surface area (Å²) in [5.41, 5.74) is 1.96. The molecule has 0 aliphatic carbocycles. The summed E-state index contributed by atoms with van der Waals surface area (Å²) in [6.07, 6.45) is 0.971. The van der Waals surface area contributed by atoms with Crippen molar-refractivity contribution in [1.82, 2.24) is 10.2 Å². The Hall–Kier alpha value is -3.22. The van der Waals surface area contributed by atoms with E-state index in [-0.39, 0.29) is 11.8 Å². The second kappa shape index (κ2) is 11.8. The first-order chi connectivity index (χ1) is 14.9. The minimum atomic E-state index is -0.583. The molecule has 1 atom stereocenters. The Balaban J connectivity index is 1.98. The summed E-state index contributed by atoms with van der Waals surface area (Å²) in [5.74, 6) is 1.81. The van der Waals surface area contributed by atoms with Crippen LogP contribution in [0.5, 0.6) is 17.2 Å². The maximum atomic E-state index is 12.7. The van der Waals surface area contributed by atoms with Gasteiger partial charge in [-0.2, -0.15) is 0 Å². The van der Waals surface area contributed by atoms with Crippen molar-refractivity contribution < 1.29 is 23.8 Å². The fourth-order valence-electron chi connectivity index (χ4n) is 3.23. The second-order valence-corrected chi connectivity index (χ2v) is 7.13. The molecule has 7 nitrogen and oxygen atoms in total. The number of carbonyl (C=O) groups excluding carboxylic acids is 2. The van der Waals surface area contributed by atoms with E-state index in [1.165, 1.54) is 0 Å². The molecule has 1 N–H and O–H groups in total. The van der Waals surface area contributed by atoms with Crippen molar-refractivity contribution in [3.63, 3.8) is 0 Å². The van der Waals surface area contributed by atoms with E-state index < -0.39 is 6.04 Å². The molecular formula is C24H32N2O5. The number of nitrogens with one attached hydrogen (secondary N) is 1. The first kappa shape index (κ1) is 24.1. The molecule has 0 spiro atoms. The third kappa shape index (κ3) is 6.64. The molecule has 2 aromatic carbocycles. The Morgan fingerprint density at radius 2 is 1.58 bits per heavy atom. The van der Waals surface area contributed by atoms with Gasteiger partial charge in [-0.3, -0.25) is 9.59 Å². The zero-order valence-electron chi connectivity index (χ0n) is 18.9. The zero-order valence-corrected chi connectivity index (χ0v) is 18.9. The molecule has 0 aliphatic heterocycles. The predicted octanol–water partition coefficient (Wildman–Crippen LogP) is 3.20. The Labute approximate surface area is 184 Å². The van der Waals surface area contributed by atoms with Crippen LogP contribution in [0.25, 0.3) is 0 Å². The fourth-order valence-corrected chi connectivity index (χ4v) is 3.23. The number of benzene rings is 2. The Morgan fingerprint density at radius 3 is 2.16 bits per heavy atom. The highest BCUT2D eigenvalue weighted by atomic mass is 16.5. The molecule has 2 amide bonds. The van der Waals surface area contributed by atoms with E-state index in [2.05, 4.69) is 5.32 Å². The average Bonchev–Trinajstić information content (AvgIpc) is 2.81. The molecule has 2 aromatic rings. The lowest BCUT2D eigenvalue weighted by Crippen LogP contribution is -2.47. The van der Waals surface area contributed by atoms with Crippen LogP contribution >= 0.6 is 0 Å². The smallest absolute Gasteiger partial charge is 0.242 e. The molecule has 0 saturated carbocycles. The molecule has 0 saturated heterocycles. The van der Waals surface area contributed by atoms with Crippen molar-refractivity contribution in [2.75, 3.05) is 27.9 Å². The van der Waals surface area contributed by atoms with Crippen LogP contribution in [0.2, 0.25) is 0 Å². The van der Waals surface area contributed by atoms with E-state index in [1.807, 2.05) is 42.5 Å². The average molecular weight is 429 g/mol. The molecule has 0 radical (unpaired) electrons. The lowest BCUT2D eigenvalue weighted by molar-refractivity contribution is -0.140. The van der Waals surface area contributed by atoms with Crippen LogP contribution in [0.3, 0.4) is 0 Å². The van der Waals surface area contributed by atoms with Gasteiger partial charge in [0.05, 0.1) is 21.3 Å². The molecular weight excluding hydrogens is 396 g/mol. The molecule has 7 heteroatoms. The fraction of sp³-hybridized carbons (Fsp3) is 0.417. The third-order valence-electron chi connectivity index (χ3n) is 5.14. The largest absolute Gasteiger partial charge is 0.497 e. The van der Waals surface area contributed by atoms with E-state index in [0.717, 1.165) is 16.9 Å². The van der Waals surface area contributed by atoms with Gasteiger partial charge in [0.2, 0.25) is 11.8 Å². The SMILES string of the molecule is CCC(=O)N(Cc1ccc(OC)cc1)[C@H](C)C(=O)NCCc1ccc(OC)c(OC)c1. The van der Waals surface area contributed by atoms with Crippen LogP contribution in [0.15, 0.2) is 42.5 Å². The van der Waals surface area contributed by atoms with Gasteiger partial charge in [-0.15, -0.1) is 0 Å². The van der Waals surface area contributed by atoms with Gasteiger partial charge in [-0.1, -0.05) is 25.1 Å². The lowest BCUT2D eigenvalue weighted by Gasteiger charge is -2.28. The second-order valence-electron chi connectivity index (χ2n) is 7.13. The van der Waals surface area contributed by atoms with Crippen molar-refractivity contribution in [2.24, 2.45) is 0 Å². The summed E-state index contributed by atoms with van der Waals surface area (Å²) in [6, 6.07) is 12.6. The van der Waals surface area contributed by atoms with Crippen LogP contribution < -0.4 is 19.5 Å². The quantitative estimate of drug-likeness (QED) is 0.595. The summed E-state index contributed by atoms with van der Waals surface area (Å²) in [6.45, 7) is 4.37. The van der Waals surface area contributed by atoms with E-state index in [1.54, 1.807) is 40.1 Å². The van der Waals surface area contributed by atoms with Gasteiger partial charge in [0.15, 0.2) is 11.5 Å². The lowest BCUT2D eigenvalue weighted by atomic mass is 10.1. The summed E-state index contributed by atoms with van der Waals surface area (Å²) in [4.78, 5) is 26.9. The summed E-state index contributed by atoms with van der Waals surface area (Å²) in [5, 5.41) is 2.94. The van der Waals surface area contributed by atoms with Crippen molar-refractivity contribution >= 4 is 11.8 Å². The minimum Gasteiger partial charge on any atom is -0.497 e. The molecule has 0 aliphatic rings. The maximum absolute atomic E-state index is 12.7. The van der Waals surface area contributed by atoms with Crippen LogP contribution in [-0.2, 0) is 22.6 Å². The number of hydrogen-bond acceptors (Lipinski definition) is 5. The van der Waals surface area contributed by atoms with Crippen LogP contribution in [-0.4, -0.2) is 50.6 Å². The van der Waals surface area contributed by atoms with Gasteiger partial charge in [-0.25, -0.2) is 0 Å². The minimum absolute atomic E-state index is 0.0710. The highest BCUT2D eigenvalue weighted by molar-refractivity contribution is 5.87. The van der Waals surface area contributed by atoms with Crippen molar-refractivity contribution in [3.8, 4) is 17.2 Å². The number of ether oxygens (including phenoxy) is 3. The van der Waals surface area contributed by atoms with Gasteiger partial charge in [0.25, 0.3) is 0 Å². The monoisotopic (exact) mass is 428 g/mol. The number of amides is 2. The van der Waals surface area contributed by atoms with E-state index >= 15 is 0 Å². The van der Waals surface area contributed by atoms with Crippen LogP contribution in [0, 0.1) is 0 Å². The van der Waals surface area contributed by atoms with Crippen molar-refractivity contribution in [2.45, 2.75) is 39.3 Å². The number of nitrogens with zero attached hydrogens (tertiary/aromatic N) is 1. The molecule has 31 heavy (non-hydrogen) atoms. The van der Waals surface area contributed by atoms with E-state index in [0.29, 0.717) is 37.4 Å².